The van der Waals surface area contributed by atoms with E-state index in [9.17, 15) is 9.59 Å². The number of imide groups is 1. The quantitative estimate of drug-likeness (QED) is 0.354. The first kappa shape index (κ1) is 18.7. The Bertz CT molecular complexity index is 579. The van der Waals surface area contributed by atoms with Gasteiger partial charge < -0.3 is 0 Å². The molecule has 24 heavy (non-hydrogen) atoms. The van der Waals surface area contributed by atoms with E-state index in [4.69, 9.17) is 0 Å². The van der Waals surface area contributed by atoms with E-state index in [-0.39, 0.29) is 11.8 Å². The number of hydrogen-bond donors (Lipinski definition) is 0. The van der Waals surface area contributed by atoms with Crippen LogP contribution < -0.4 is 0 Å². The van der Waals surface area contributed by atoms with Crippen LogP contribution in [0.1, 0.15) is 54.3 Å². The van der Waals surface area contributed by atoms with Crippen molar-refractivity contribution in [3.63, 3.8) is 0 Å². The maximum absolute atomic E-state index is 12.4. The summed E-state index contributed by atoms with van der Waals surface area (Å²) in [6.45, 7) is 11.5. The topological polar surface area (TPSA) is 37.4 Å². The molecule has 1 aliphatic heterocycles. The molecule has 1 heterocycles. The van der Waals surface area contributed by atoms with Crippen LogP contribution in [-0.4, -0.2) is 31.3 Å². The normalized spacial score (nSPS) is 15.5. The van der Waals surface area contributed by atoms with Crippen LogP contribution in [0.25, 0.3) is 0 Å². The van der Waals surface area contributed by atoms with Gasteiger partial charge in [0.05, 0.1) is 19.2 Å². The van der Waals surface area contributed by atoms with E-state index in [1.807, 2.05) is 12.1 Å². The van der Waals surface area contributed by atoms with E-state index in [1.165, 1.54) is 23.0 Å². The number of nitrogens with zero attached hydrogens (tertiary/aromatic N) is 1. The average molecular weight is 344 g/mol. The van der Waals surface area contributed by atoms with Gasteiger partial charge in [-0.3, -0.25) is 14.5 Å². The second-order valence-corrected chi connectivity index (χ2v) is 12.3. The molecule has 2 rings (SSSR count). The van der Waals surface area contributed by atoms with Gasteiger partial charge in [-0.25, -0.2) is 0 Å². The minimum atomic E-state index is -1.33. The van der Waals surface area contributed by atoms with Crippen LogP contribution in [0.2, 0.25) is 23.7 Å². The molecule has 130 valence electrons. The molecule has 0 fully saturated rings. The van der Waals surface area contributed by atoms with Crippen molar-refractivity contribution < 1.29 is 9.59 Å². The van der Waals surface area contributed by atoms with Crippen molar-refractivity contribution in [1.29, 1.82) is 0 Å². The number of allylic oxidation sites excluding steroid dienone is 1. The molecule has 1 aromatic carbocycles. The third-order valence-corrected chi connectivity index (χ3v) is 12.3. The first-order valence-corrected chi connectivity index (χ1v) is 11.8. The summed E-state index contributed by atoms with van der Waals surface area (Å²) in [4.78, 5) is 26.2. The molecule has 0 bridgehead atoms. The zero-order valence-corrected chi connectivity index (χ0v) is 16.2. The number of benzene rings is 1. The van der Waals surface area contributed by atoms with Gasteiger partial charge >= 0.3 is 0 Å². The largest absolute Gasteiger partial charge is 0.274 e. The number of fused-ring (bicyclic) bond motifs is 1. The summed E-state index contributed by atoms with van der Waals surface area (Å²) in [5, 5.41) is 0. The van der Waals surface area contributed by atoms with E-state index in [2.05, 4.69) is 33.4 Å². The lowest BCUT2D eigenvalue weighted by atomic mass is 10.1. The molecule has 0 radical (unpaired) electrons. The predicted molar refractivity (Wildman–Crippen MR) is 102 cm³/mol. The molecule has 3 nitrogen and oxygen atoms in total. The van der Waals surface area contributed by atoms with E-state index in [0.717, 1.165) is 12.8 Å². The third kappa shape index (κ3) is 3.25. The monoisotopic (exact) mass is 343 g/mol. The summed E-state index contributed by atoms with van der Waals surface area (Å²) < 4.78 is 0. The third-order valence-electron chi connectivity index (χ3n) is 5.96. The molecule has 2 amide bonds. The molecular formula is C20H29NO2Si. The Hall–Kier alpha value is -1.68. The van der Waals surface area contributed by atoms with Gasteiger partial charge in [-0.2, -0.15) is 0 Å². The van der Waals surface area contributed by atoms with Gasteiger partial charge in [-0.05, 0) is 30.5 Å². The molecule has 0 N–H and O–H groups in total. The van der Waals surface area contributed by atoms with E-state index < -0.39 is 8.07 Å². The van der Waals surface area contributed by atoms with Gasteiger partial charge in [0.2, 0.25) is 0 Å². The van der Waals surface area contributed by atoms with Crippen molar-refractivity contribution in [2.24, 2.45) is 0 Å². The molecule has 1 aliphatic rings. The Balaban J connectivity index is 2.01. The summed E-state index contributed by atoms with van der Waals surface area (Å²) in [5.41, 5.74) is 1.65. The molecule has 1 atom stereocenters. The summed E-state index contributed by atoms with van der Waals surface area (Å²) in [5.74, 6) is -0.286. The van der Waals surface area contributed by atoms with Crippen molar-refractivity contribution in [3.05, 3.63) is 48.0 Å². The Morgan fingerprint density at radius 1 is 1.04 bits per heavy atom. The highest BCUT2D eigenvalue weighted by Crippen LogP contribution is 2.37. The molecule has 0 aromatic heterocycles. The highest BCUT2D eigenvalue weighted by atomic mass is 28.3. The minimum absolute atomic E-state index is 0.143. The average Bonchev–Trinajstić information content (AvgIpc) is 2.87. The Morgan fingerprint density at radius 2 is 1.54 bits per heavy atom. The summed E-state index contributed by atoms with van der Waals surface area (Å²) in [6, 6.07) is 10.9. The summed E-state index contributed by atoms with van der Waals surface area (Å²) >= 11 is 0. The lowest BCUT2D eigenvalue weighted by Gasteiger charge is -2.35. The Morgan fingerprint density at radius 3 is 1.96 bits per heavy atom. The van der Waals surface area contributed by atoms with Crippen LogP contribution in [0.5, 0.6) is 0 Å². The standard InChI is InChI=1S/C20H29NO2Si/c1-5-16(24(6-2,7-3)8-4)12-11-15-21-19(22)17-13-9-10-14-18(17)20(21)23/h5,9-10,13-14,16H,1,6-8,11-12,15H2,2-4H3. The predicted octanol–water partition coefficient (Wildman–Crippen LogP) is 5.13. The molecule has 1 unspecified atom stereocenters. The minimum Gasteiger partial charge on any atom is -0.274 e. The van der Waals surface area contributed by atoms with Crippen molar-refractivity contribution in [3.8, 4) is 0 Å². The fraction of sp³-hybridized carbons (Fsp3) is 0.500. The van der Waals surface area contributed by atoms with E-state index >= 15 is 0 Å². The molecule has 1 aromatic rings. The molecule has 0 saturated heterocycles. The zero-order chi connectivity index (χ0) is 17.7. The number of amides is 2. The van der Waals surface area contributed by atoms with Crippen LogP contribution in [0, 0.1) is 0 Å². The first-order chi connectivity index (χ1) is 11.5. The number of hydrogen-bond acceptors (Lipinski definition) is 2. The molecular weight excluding hydrogens is 314 g/mol. The van der Waals surface area contributed by atoms with E-state index in [0.29, 0.717) is 23.2 Å². The SMILES string of the molecule is C=CC(CCCN1C(=O)c2ccccc2C1=O)[Si](CC)(CC)CC. The van der Waals surface area contributed by atoms with Crippen molar-refractivity contribution in [1.82, 2.24) is 4.90 Å². The van der Waals surface area contributed by atoms with Crippen molar-refractivity contribution in [2.75, 3.05) is 6.54 Å². The van der Waals surface area contributed by atoms with Gasteiger partial charge in [0, 0.05) is 6.54 Å². The first-order valence-electron chi connectivity index (χ1n) is 9.12. The number of carbonyl (C=O) groups is 2. The highest BCUT2D eigenvalue weighted by molar-refractivity contribution is 6.81. The van der Waals surface area contributed by atoms with Gasteiger partial charge in [0.15, 0.2) is 0 Å². The van der Waals surface area contributed by atoms with Crippen LogP contribution >= 0.6 is 0 Å². The summed E-state index contributed by atoms with van der Waals surface area (Å²) in [7, 11) is -1.33. The second-order valence-electron chi connectivity index (χ2n) is 6.71. The van der Waals surface area contributed by atoms with Crippen LogP contribution in [0.15, 0.2) is 36.9 Å². The maximum atomic E-state index is 12.4. The number of carbonyl (C=O) groups excluding carboxylic acids is 2. The summed E-state index contributed by atoms with van der Waals surface area (Å²) in [6.07, 6.45) is 4.01. The Labute approximate surface area is 146 Å². The van der Waals surface area contributed by atoms with Gasteiger partial charge in [-0.15, -0.1) is 6.58 Å². The van der Waals surface area contributed by atoms with Crippen molar-refractivity contribution in [2.45, 2.75) is 57.3 Å². The molecule has 0 saturated carbocycles. The molecule has 0 aliphatic carbocycles. The van der Waals surface area contributed by atoms with Crippen LogP contribution in [-0.2, 0) is 0 Å². The van der Waals surface area contributed by atoms with Crippen LogP contribution in [0.3, 0.4) is 0 Å². The maximum Gasteiger partial charge on any atom is 0.261 e. The zero-order valence-electron chi connectivity index (χ0n) is 15.2. The fourth-order valence-electron chi connectivity index (χ4n) is 4.12. The molecule has 4 heteroatoms. The smallest absolute Gasteiger partial charge is 0.261 e. The lowest BCUT2D eigenvalue weighted by Crippen LogP contribution is -2.37. The van der Waals surface area contributed by atoms with Gasteiger partial charge in [-0.1, -0.05) is 57.1 Å². The van der Waals surface area contributed by atoms with Crippen molar-refractivity contribution >= 4 is 19.9 Å². The van der Waals surface area contributed by atoms with E-state index in [1.54, 1.807) is 12.1 Å². The highest BCUT2D eigenvalue weighted by Gasteiger charge is 2.36. The second kappa shape index (κ2) is 7.93. The number of rotatable bonds is 9. The molecule has 0 spiro atoms. The van der Waals surface area contributed by atoms with Gasteiger partial charge in [0.1, 0.15) is 0 Å². The van der Waals surface area contributed by atoms with Crippen LogP contribution in [0.4, 0.5) is 0 Å². The fourth-order valence-corrected chi connectivity index (χ4v) is 8.51. The lowest BCUT2D eigenvalue weighted by molar-refractivity contribution is 0.0652. The Kier molecular flexibility index (Phi) is 6.16. The van der Waals surface area contributed by atoms with Gasteiger partial charge in [0.25, 0.3) is 11.8 Å².